The fraction of sp³-hybridized carbons (Fsp3) is 0.235. The molecule has 0 amide bonds. The minimum Gasteiger partial charge on any atom is -0.478 e. The SMILES string of the molecule is CCC[n+]1ccccc1.Cc1ccc(C(=O)O)cc1C(=O)O. The monoisotopic (exact) mass is 302 g/mol. The lowest BCUT2D eigenvalue weighted by molar-refractivity contribution is -0.697. The normalized spacial score (nSPS) is 9.55. The number of carboxylic acid groups (broad SMARTS) is 2. The molecule has 0 atom stereocenters. The van der Waals surface area contributed by atoms with Crippen LogP contribution in [0.3, 0.4) is 0 Å². The van der Waals surface area contributed by atoms with Gasteiger partial charge in [0.1, 0.15) is 6.54 Å². The lowest BCUT2D eigenvalue weighted by Gasteiger charge is -2.01. The van der Waals surface area contributed by atoms with Gasteiger partial charge in [-0.05, 0) is 24.6 Å². The Morgan fingerprint density at radius 3 is 2.18 bits per heavy atom. The van der Waals surface area contributed by atoms with E-state index in [9.17, 15) is 9.59 Å². The number of benzene rings is 1. The highest BCUT2D eigenvalue weighted by molar-refractivity contribution is 5.94. The van der Waals surface area contributed by atoms with Gasteiger partial charge in [-0.2, -0.15) is 0 Å². The molecule has 0 saturated carbocycles. The van der Waals surface area contributed by atoms with Crippen LogP contribution in [0.4, 0.5) is 0 Å². The molecule has 2 N–H and O–H groups in total. The first-order valence-corrected chi connectivity index (χ1v) is 6.97. The number of hydrogen-bond donors (Lipinski definition) is 2. The van der Waals surface area contributed by atoms with Crippen molar-refractivity contribution < 1.29 is 24.4 Å². The zero-order valence-corrected chi connectivity index (χ0v) is 12.7. The van der Waals surface area contributed by atoms with Gasteiger partial charge >= 0.3 is 11.9 Å². The van der Waals surface area contributed by atoms with Crippen LogP contribution < -0.4 is 4.57 Å². The Labute approximate surface area is 129 Å². The Morgan fingerprint density at radius 1 is 1.05 bits per heavy atom. The lowest BCUT2D eigenvalue weighted by atomic mass is 10.1. The molecule has 0 bridgehead atoms. The van der Waals surface area contributed by atoms with Crippen molar-refractivity contribution in [1.29, 1.82) is 0 Å². The van der Waals surface area contributed by atoms with Gasteiger partial charge in [-0.1, -0.05) is 19.1 Å². The van der Waals surface area contributed by atoms with Gasteiger partial charge in [0.2, 0.25) is 0 Å². The van der Waals surface area contributed by atoms with Gasteiger partial charge in [0.05, 0.1) is 11.1 Å². The minimum atomic E-state index is -1.12. The largest absolute Gasteiger partial charge is 0.478 e. The topological polar surface area (TPSA) is 78.5 Å². The van der Waals surface area contributed by atoms with E-state index in [1.54, 1.807) is 6.92 Å². The highest BCUT2D eigenvalue weighted by Gasteiger charge is 2.10. The minimum absolute atomic E-state index is 0.0111. The Kier molecular flexibility index (Phi) is 6.76. The number of pyridine rings is 1. The first-order chi connectivity index (χ1) is 10.5. The molecule has 2 aromatic rings. The van der Waals surface area contributed by atoms with Crippen LogP contribution in [0.25, 0.3) is 0 Å². The van der Waals surface area contributed by atoms with Crippen LogP contribution in [-0.4, -0.2) is 22.2 Å². The lowest BCUT2D eigenvalue weighted by Crippen LogP contribution is -2.31. The van der Waals surface area contributed by atoms with Crippen LogP contribution in [0.5, 0.6) is 0 Å². The molecule has 5 nitrogen and oxygen atoms in total. The molecule has 2 rings (SSSR count). The van der Waals surface area contributed by atoms with Crippen molar-refractivity contribution in [3.05, 3.63) is 65.5 Å². The summed E-state index contributed by atoms with van der Waals surface area (Å²) in [4.78, 5) is 21.1. The molecular weight excluding hydrogens is 282 g/mol. The number of nitrogens with zero attached hydrogens (tertiary/aromatic N) is 1. The summed E-state index contributed by atoms with van der Waals surface area (Å²) in [5.41, 5.74) is 0.570. The van der Waals surface area contributed by atoms with Crippen LogP contribution in [0.2, 0.25) is 0 Å². The number of aryl methyl sites for hydroxylation is 2. The van der Waals surface area contributed by atoms with Crippen LogP contribution in [0, 0.1) is 6.92 Å². The van der Waals surface area contributed by atoms with Crippen molar-refractivity contribution in [3.63, 3.8) is 0 Å². The van der Waals surface area contributed by atoms with Crippen molar-refractivity contribution in [3.8, 4) is 0 Å². The van der Waals surface area contributed by atoms with Crippen molar-refractivity contribution in [2.24, 2.45) is 0 Å². The maximum Gasteiger partial charge on any atom is 0.335 e. The predicted molar refractivity (Wildman–Crippen MR) is 82.0 cm³/mol. The van der Waals surface area contributed by atoms with E-state index in [-0.39, 0.29) is 11.1 Å². The maximum atomic E-state index is 10.6. The van der Waals surface area contributed by atoms with Crippen LogP contribution in [0.1, 0.15) is 39.6 Å². The maximum absolute atomic E-state index is 10.6. The highest BCUT2D eigenvalue weighted by atomic mass is 16.4. The summed E-state index contributed by atoms with van der Waals surface area (Å²) in [5.74, 6) is -2.23. The summed E-state index contributed by atoms with van der Waals surface area (Å²) >= 11 is 0. The van der Waals surface area contributed by atoms with E-state index in [1.165, 1.54) is 18.6 Å². The third-order valence-electron chi connectivity index (χ3n) is 2.97. The van der Waals surface area contributed by atoms with Gasteiger partial charge in [0, 0.05) is 18.6 Å². The third kappa shape index (κ3) is 5.36. The number of rotatable bonds is 4. The molecule has 0 spiro atoms. The third-order valence-corrected chi connectivity index (χ3v) is 2.97. The van der Waals surface area contributed by atoms with E-state index >= 15 is 0 Å². The van der Waals surface area contributed by atoms with Crippen molar-refractivity contribution in [2.45, 2.75) is 26.8 Å². The summed E-state index contributed by atoms with van der Waals surface area (Å²) < 4.78 is 2.18. The van der Waals surface area contributed by atoms with Crippen molar-refractivity contribution in [1.82, 2.24) is 0 Å². The van der Waals surface area contributed by atoms with Gasteiger partial charge in [-0.15, -0.1) is 0 Å². The van der Waals surface area contributed by atoms with Gasteiger partial charge < -0.3 is 10.2 Å². The van der Waals surface area contributed by atoms with Gasteiger partial charge in [-0.3, -0.25) is 0 Å². The molecule has 0 fully saturated rings. The smallest absolute Gasteiger partial charge is 0.335 e. The highest BCUT2D eigenvalue weighted by Crippen LogP contribution is 2.11. The second-order valence-corrected chi connectivity index (χ2v) is 4.75. The molecule has 22 heavy (non-hydrogen) atoms. The van der Waals surface area contributed by atoms with E-state index in [0.717, 1.165) is 12.6 Å². The zero-order chi connectivity index (χ0) is 16.5. The van der Waals surface area contributed by atoms with Crippen LogP contribution in [-0.2, 0) is 6.54 Å². The van der Waals surface area contributed by atoms with E-state index in [1.807, 2.05) is 6.07 Å². The molecule has 1 aromatic carbocycles. The average Bonchev–Trinajstić information content (AvgIpc) is 2.49. The molecule has 0 unspecified atom stereocenters. The van der Waals surface area contributed by atoms with Crippen LogP contribution >= 0.6 is 0 Å². The Morgan fingerprint density at radius 2 is 1.68 bits per heavy atom. The average molecular weight is 302 g/mol. The molecule has 1 aromatic heterocycles. The summed E-state index contributed by atoms with van der Waals surface area (Å²) in [7, 11) is 0. The Bertz CT molecular complexity index is 638. The summed E-state index contributed by atoms with van der Waals surface area (Å²) in [6.45, 7) is 4.93. The van der Waals surface area contributed by atoms with E-state index in [2.05, 4.69) is 36.0 Å². The summed E-state index contributed by atoms with van der Waals surface area (Å²) in [6, 6.07) is 10.1. The molecule has 116 valence electrons. The predicted octanol–water partition coefficient (Wildman–Crippen LogP) is 2.78. The van der Waals surface area contributed by atoms with E-state index in [0.29, 0.717) is 5.56 Å². The molecular formula is C17H20NO4+. The fourth-order valence-electron chi connectivity index (χ4n) is 1.83. The molecule has 0 saturated heterocycles. The van der Waals surface area contributed by atoms with Gasteiger partial charge in [0.25, 0.3) is 0 Å². The van der Waals surface area contributed by atoms with E-state index < -0.39 is 11.9 Å². The van der Waals surface area contributed by atoms with E-state index in [4.69, 9.17) is 10.2 Å². The molecule has 0 aliphatic heterocycles. The van der Waals surface area contributed by atoms with Crippen molar-refractivity contribution >= 4 is 11.9 Å². The second kappa shape index (κ2) is 8.56. The van der Waals surface area contributed by atoms with Crippen molar-refractivity contribution in [2.75, 3.05) is 0 Å². The Hall–Kier alpha value is -2.69. The molecule has 1 heterocycles. The second-order valence-electron chi connectivity index (χ2n) is 4.75. The quantitative estimate of drug-likeness (QED) is 0.851. The standard InChI is InChI=1S/C9H8O4.C8H12N/c1-5-2-3-6(8(10)11)4-7(5)9(12)13;1-2-6-9-7-4-3-5-8-9/h2-4H,1H3,(H,10,11)(H,12,13);3-5,7-8H,2,6H2,1H3/q;+1. The summed E-state index contributed by atoms with van der Waals surface area (Å²) in [6.07, 6.45) is 5.38. The first-order valence-electron chi connectivity index (χ1n) is 6.97. The molecule has 5 heteroatoms. The number of hydrogen-bond acceptors (Lipinski definition) is 2. The fourth-order valence-corrected chi connectivity index (χ4v) is 1.83. The Balaban J connectivity index is 0.000000235. The number of carbonyl (C=O) groups is 2. The number of aromatic nitrogens is 1. The molecule has 0 aliphatic rings. The molecule has 0 radical (unpaired) electrons. The number of aromatic carboxylic acids is 2. The first kappa shape index (κ1) is 17.4. The summed E-state index contributed by atoms with van der Waals surface area (Å²) in [5, 5.41) is 17.3. The van der Waals surface area contributed by atoms with Crippen LogP contribution in [0.15, 0.2) is 48.8 Å². The zero-order valence-electron chi connectivity index (χ0n) is 12.7. The van der Waals surface area contributed by atoms with Gasteiger partial charge in [0.15, 0.2) is 12.4 Å². The number of carboxylic acids is 2. The van der Waals surface area contributed by atoms with Gasteiger partial charge in [-0.25, -0.2) is 14.2 Å². The molecule has 0 aliphatic carbocycles.